The number of aliphatic hydroxyl groups excluding tert-OH is 1. The Labute approximate surface area is 126 Å². The predicted octanol–water partition coefficient (Wildman–Crippen LogP) is 2.14. The molecule has 0 fully saturated rings. The van der Waals surface area contributed by atoms with Crippen LogP contribution in [0.4, 0.5) is 4.79 Å². The quantitative estimate of drug-likeness (QED) is 0.643. The second-order valence-electron chi connectivity index (χ2n) is 5.34. The Balaban J connectivity index is 2.20. The normalized spacial score (nSPS) is 11.8. The number of hydrogen-bond acceptors (Lipinski definition) is 3. The van der Waals surface area contributed by atoms with Crippen molar-refractivity contribution in [3.05, 3.63) is 29.3 Å². The zero-order chi connectivity index (χ0) is 15.7. The highest BCUT2D eigenvalue weighted by atomic mass is 16.5. The minimum atomic E-state index is -0.204. The second kappa shape index (κ2) is 9.23. The largest absolute Gasteiger partial charge is 0.492 e. The van der Waals surface area contributed by atoms with Crippen molar-refractivity contribution in [3.63, 3.8) is 0 Å². The number of urea groups is 1. The molecule has 0 bridgehead atoms. The molecule has 0 saturated carbocycles. The Bertz CT molecular complexity index is 429. The van der Waals surface area contributed by atoms with Crippen LogP contribution >= 0.6 is 0 Å². The van der Waals surface area contributed by atoms with Gasteiger partial charge in [0.2, 0.25) is 0 Å². The SMILES string of the molecule is Cc1cc(C)cc(OCCNC(=O)NC(C)CCCO)c1. The monoisotopic (exact) mass is 294 g/mol. The van der Waals surface area contributed by atoms with Crippen LogP contribution in [0.5, 0.6) is 5.75 Å². The molecule has 1 aromatic rings. The van der Waals surface area contributed by atoms with E-state index in [9.17, 15) is 4.79 Å². The molecule has 5 heteroatoms. The first-order valence-corrected chi connectivity index (χ1v) is 7.37. The molecule has 5 nitrogen and oxygen atoms in total. The van der Waals surface area contributed by atoms with E-state index in [1.165, 1.54) is 0 Å². The summed E-state index contributed by atoms with van der Waals surface area (Å²) in [6, 6.07) is 5.89. The summed E-state index contributed by atoms with van der Waals surface area (Å²) in [6.07, 6.45) is 1.46. The fourth-order valence-corrected chi connectivity index (χ4v) is 2.09. The summed E-state index contributed by atoms with van der Waals surface area (Å²) >= 11 is 0. The lowest BCUT2D eigenvalue weighted by Gasteiger charge is -2.14. The third-order valence-electron chi connectivity index (χ3n) is 3.02. The van der Waals surface area contributed by atoms with Crippen LogP contribution in [-0.4, -0.2) is 36.9 Å². The summed E-state index contributed by atoms with van der Waals surface area (Å²) in [5.41, 5.74) is 2.32. The average molecular weight is 294 g/mol. The van der Waals surface area contributed by atoms with Crippen molar-refractivity contribution < 1.29 is 14.6 Å². The summed E-state index contributed by atoms with van der Waals surface area (Å²) in [4.78, 5) is 11.6. The molecule has 1 aromatic carbocycles. The van der Waals surface area contributed by atoms with Gasteiger partial charge in [-0.1, -0.05) is 6.07 Å². The molecule has 0 aliphatic rings. The minimum Gasteiger partial charge on any atom is -0.492 e. The smallest absolute Gasteiger partial charge is 0.315 e. The first-order chi connectivity index (χ1) is 10.0. The van der Waals surface area contributed by atoms with Gasteiger partial charge in [0.25, 0.3) is 0 Å². The van der Waals surface area contributed by atoms with E-state index in [4.69, 9.17) is 9.84 Å². The van der Waals surface area contributed by atoms with Gasteiger partial charge < -0.3 is 20.5 Å². The van der Waals surface area contributed by atoms with Gasteiger partial charge in [-0.25, -0.2) is 4.79 Å². The predicted molar refractivity (Wildman–Crippen MR) is 83.7 cm³/mol. The first-order valence-electron chi connectivity index (χ1n) is 7.37. The van der Waals surface area contributed by atoms with E-state index in [0.29, 0.717) is 19.6 Å². The van der Waals surface area contributed by atoms with Crippen LogP contribution in [0.2, 0.25) is 0 Å². The Kier molecular flexibility index (Phi) is 7.61. The molecule has 0 aliphatic heterocycles. The topological polar surface area (TPSA) is 70.6 Å². The van der Waals surface area contributed by atoms with E-state index in [1.807, 2.05) is 32.9 Å². The third kappa shape index (κ3) is 7.56. The highest BCUT2D eigenvalue weighted by molar-refractivity contribution is 5.74. The zero-order valence-corrected chi connectivity index (χ0v) is 13.1. The van der Waals surface area contributed by atoms with Gasteiger partial charge in [0.15, 0.2) is 0 Å². The molecule has 0 aliphatic carbocycles. The Morgan fingerprint density at radius 2 is 1.95 bits per heavy atom. The fraction of sp³-hybridized carbons (Fsp3) is 0.562. The number of amides is 2. The molecule has 0 spiro atoms. The maximum atomic E-state index is 11.6. The van der Waals surface area contributed by atoms with E-state index in [-0.39, 0.29) is 18.7 Å². The second-order valence-corrected chi connectivity index (χ2v) is 5.34. The lowest BCUT2D eigenvalue weighted by molar-refractivity contribution is 0.230. The number of ether oxygens (including phenoxy) is 1. The van der Waals surface area contributed by atoms with E-state index < -0.39 is 0 Å². The summed E-state index contributed by atoms with van der Waals surface area (Å²) in [5.74, 6) is 0.825. The molecule has 3 N–H and O–H groups in total. The molecule has 1 rings (SSSR count). The zero-order valence-electron chi connectivity index (χ0n) is 13.1. The van der Waals surface area contributed by atoms with Gasteiger partial charge >= 0.3 is 6.03 Å². The first kappa shape index (κ1) is 17.3. The molecule has 0 saturated heterocycles. The molecule has 118 valence electrons. The van der Waals surface area contributed by atoms with Crippen LogP contribution in [0.1, 0.15) is 30.9 Å². The van der Waals surface area contributed by atoms with Gasteiger partial charge in [0, 0.05) is 12.6 Å². The van der Waals surface area contributed by atoms with Crippen molar-refractivity contribution in [2.24, 2.45) is 0 Å². The fourth-order valence-electron chi connectivity index (χ4n) is 2.09. The molecular formula is C16H26N2O3. The van der Waals surface area contributed by atoms with Crippen molar-refractivity contribution >= 4 is 6.03 Å². The molecule has 1 unspecified atom stereocenters. The van der Waals surface area contributed by atoms with Crippen molar-refractivity contribution in [3.8, 4) is 5.75 Å². The third-order valence-corrected chi connectivity index (χ3v) is 3.02. The number of benzene rings is 1. The molecule has 0 aromatic heterocycles. The van der Waals surface area contributed by atoms with Gasteiger partial charge in [0.1, 0.15) is 12.4 Å². The number of aliphatic hydroxyl groups is 1. The van der Waals surface area contributed by atoms with Gasteiger partial charge in [-0.3, -0.25) is 0 Å². The van der Waals surface area contributed by atoms with Crippen LogP contribution in [-0.2, 0) is 0 Å². The van der Waals surface area contributed by atoms with Gasteiger partial charge in [-0.05, 0) is 56.9 Å². The summed E-state index contributed by atoms with van der Waals surface area (Å²) < 4.78 is 5.61. The Morgan fingerprint density at radius 1 is 1.29 bits per heavy atom. The number of carbonyl (C=O) groups is 1. The van der Waals surface area contributed by atoms with Crippen LogP contribution in [0, 0.1) is 13.8 Å². The standard InChI is InChI=1S/C16H26N2O3/c1-12-9-13(2)11-15(10-12)21-8-6-17-16(20)18-14(3)5-4-7-19/h9-11,14,19H,4-8H2,1-3H3,(H2,17,18,20). The molecular weight excluding hydrogens is 268 g/mol. The number of carbonyl (C=O) groups excluding carboxylic acids is 1. The van der Waals surface area contributed by atoms with Crippen LogP contribution in [0.15, 0.2) is 18.2 Å². The maximum absolute atomic E-state index is 11.6. The number of aryl methyl sites for hydroxylation is 2. The molecule has 1 atom stereocenters. The van der Waals surface area contributed by atoms with Crippen LogP contribution in [0.25, 0.3) is 0 Å². The van der Waals surface area contributed by atoms with Gasteiger partial charge in [0.05, 0.1) is 6.54 Å². The highest BCUT2D eigenvalue weighted by Crippen LogP contribution is 2.15. The van der Waals surface area contributed by atoms with Crippen molar-refractivity contribution in [2.75, 3.05) is 19.8 Å². The van der Waals surface area contributed by atoms with Gasteiger partial charge in [-0.15, -0.1) is 0 Å². The van der Waals surface area contributed by atoms with Crippen molar-refractivity contribution in [1.82, 2.24) is 10.6 Å². The minimum absolute atomic E-state index is 0.0532. The summed E-state index contributed by atoms with van der Waals surface area (Å²) in [6.45, 7) is 7.00. The average Bonchev–Trinajstić information content (AvgIpc) is 2.40. The number of nitrogens with one attached hydrogen (secondary N) is 2. The van der Waals surface area contributed by atoms with E-state index in [2.05, 4.69) is 16.7 Å². The van der Waals surface area contributed by atoms with Crippen molar-refractivity contribution in [2.45, 2.75) is 39.7 Å². The lowest BCUT2D eigenvalue weighted by atomic mass is 10.1. The van der Waals surface area contributed by atoms with Crippen LogP contribution < -0.4 is 15.4 Å². The molecule has 21 heavy (non-hydrogen) atoms. The molecule has 0 heterocycles. The van der Waals surface area contributed by atoms with E-state index in [0.717, 1.165) is 23.3 Å². The molecule has 0 radical (unpaired) electrons. The van der Waals surface area contributed by atoms with Gasteiger partial charge in [-0.2, -0.15) is 0 Å². The van der Waals surface area contributed by atoms with E-state index >= 15 is 0 Å². The molecule has 2 amide bonds. The Morgan fingerprint density at radius 3 is 2.57 bits per heavy atom. The number of rotatable bonds is 8. The highest BCUT2D eigenvalue weighted by Gasteiger charge is 2.06. The van der Waals surface area contributed by atoms with E-state index in [1.54, 1.807) is 0 Å². The van der Waals surface area contributed by atoms with Crippen molar-refractivity contribution in [1.29, 1.82) is 0 Å². The Hall–Kier alpha value is -1.75. The number of hydrogen-bond donors (Lipinski definition) is 3. The lowest BCUT2D eigenvalue weighted by Crippen LogP contribution is -2.42. The summed E-state index contributed by atoms with van der Waals surface area (Å²) in [5, 5.41) is 14.3. The maximum Gasteiger partial charge on any atom is 0.315 e. The van der Waals surface area contributed by atoms with Crippen LogP contribution in [0.3, 0.4) is 0 Å². The summed E-state index contributed by atoms with van der Waals surface area (Å²) in [7, 11) is 0.